The number of ether oxygens (including phenoxy) is 1. The van der Waals surface area contributed by atoms with Crippen molar-refractivity contribution in [1.29, 1.82) is 5.26 Å². The highest BCUT2D eigenvalue weighted by Gasteiger charge is 2.32. The van der Waals surface area contributed by atoms with E-state index in [1.165, 1.54) is 43.4 Å². The van der Waals surface area contributed by atoms with Gasteiger partial charge in [0.25, 0.3) is 0 Å². The number of hydrogen-bond donors (Lipinski definition) is 0. The van der Waals surface area contributed by atoms with Gasteiger partial charge in [0.15, 0.2) is 12.3 Å². The van der Waals surface area contributed by atoms with Gasteiger partial charge in [-0.05, 0) is 37.8 Å². The molecule has 0 saturated carbocycles. The van der Waals surface area contributed by atoms with Gasteiger partial charge < -0.3 is 14.1 Å². The van der Waals surface area contributed by atoms with Gasteiger partial charge in [-0.3, -0.25) is 4.48 Å². The van der Waals surface area contributed by atoms with E-state index >= 15 is 0 Å². The Morgan fingerprint density at radius 1 is 0.970 bits per heavy atom. The lowest BCUT2D eigenvalue weighted by Gasteiger charge is -2.27. The zero-order chi connectivity index (χ0) is 24.9. The fourth-order valence-electron chi connectivity index (χ4n) is 3.59. The van der Waals surface area contributed by atoms with E-state index in [2.05, 4.69) is 25.1 Å². The van der Waals surface area contributed by atoms with Crippen molar-refractivity contribution in [2.45, 2.75) is 51.4 Å². The third kappa shape index (κ3) is 10.8. The van der Waals surface area contributed by atoms with Crippen molar-refractivity contribution in [3.05, 3.63) is 24.0 Å². The fourth-order valence-corrected chi connectivity index (χ4v) is 3.59. The quantitative estimate of drug-likeness (QED) is 0.237. The summed E-state index contributed by atoms with van der Waals surface area (Å²) < 4.78 is 6.28. The minimum absolute atomic E-state index is 0.158. The maximum absolute atomic E-state index is 13.1. The van der Waals surface area contributed by atoms with E-state index in [-0.39, 0.29) is 21.8 Å². The van der Waals surface area contributed by atoms with E-state index in [9.17, 15) is 9.59 Å². The molecule has 0 unspecified atom stereocenters. The van der Waals surface area contributed by atoms with Gasteiger partial charge in [0.05, 0.1) is 41.3 Å². The van der Waals surface area contributed by atoms with Crippen molar-refractivity contribution in [2.24, 2.45) is 0 Å². The number of pyridine rings is 1. The molecular weight excluding hydrogens is 418 g/mol. The van der Waals surface area contributed by atoms with Crippen LogP contribution in [0.3, 0.4) is 0 Å². The molecule has 0 bridgehead atoms. The van der Waals surface area contributed by atoms with Gasteiger partial charge in [0.2, 0.25) is 5.69 Å². The van der Waals surface area contributed by atoms with Crippen LogP contribution in [0.1, 0.15) is 61.9 Å². The highest BCUT2D eigenvalue weighted by Crippen LogP contribution is 2.21. The van der Waals surface area contributed by atoms with Crippen molar-refractivity contribution in [2.75, 3.05) is 61.9 Å². The summed E-state index contributed by atoms with van der Waals surface area (Å²) in [6, 6.07) is 5.51. The first-order chi connectivity index (χ1) is 15.5. The van der Waals surface area contributed by atoms with Gasteiger partial charge in [-0.25, -0.2) is 14.6 Å². The number of rotatable bonds is 14. The number of aromatic nitrogens is 1. The number of unbranched alkanes of at least 4 members (excludes halogenated alkanes) is 7. The Bertz CT molecular complexity index is 799. The van der Waals surface area contributed by atoms with Gasteiger partial charge >= 0.3 is 12.0 Å². The maximum Gasteiger partial charge on any atom is 0.414 e. The molecular formula is C25H43N5O3+2. The topological polar surface area (TPSA) is 83.3 Å². The van der Waals surface area contributed by atoms with E-state index in [4.69, 9.17) is 10.00 Å². The standard InChI is InChI=1S/C25H43N5O3/c1-28(2)25(32)33-22-16-15-18-27-23(22)24(31)30(5,6)20-14-12-10-8-7-9-11-13-19-29(3,4)21-17-26/h15-16,18H,7-14,19-21H2,1-6H3/q+2. The number of carbonyl (C=O) groups excluding carboxylic acids is 2. The molecule has 0 N–H and O–H groups in total. The molecule has 1 aromatic rings. The summed E-state index contributed by atoms with van der Waals surface area (Å²) in [5.41, 5.74) is 0.189. The third-order valence-electron chi connectivity index (χ3n) is 5.81. The lowest BCUT2D eigenvalue weighted by atomic mass is 10.1. The van der Waals surface area contributed by atoms with Gasteiger partial charge in [-0.15, -0.1) is 0 Å². The van der Waals surface area contributed by atoms with Crippen LogP contribution in [-0.2, 0) is 0 Å². The second-order valence-electron chi connectivity index (χ2n) is 10.1. The Kier molecular flexibility index (Phi) is 12.0. The molecule has 1 aromatic heterocycles. The highest BCUT2D eigenvalue weighted by atomic mass is 16.6. The van der Waals surface area contributed by atoms with Crippen molar-refractivity contribution >= 4 is 12.0 Å². The SMILES string of the molecule is CN(C)C(=O)Oc1cccnc1C(=O)[N+](C)(C)CCCCCCCCCC[N+](C)(C)CC#N. The second-order valence-corrected chi connectivity index (χ2v) is 10.1. The zero-order valence-electron chi connectivity index (χ0n) is 21.5. The summed E-state index contributed by atoms with van der Waals surface area (Å²) in [5, 5.41) is 8.84. The van der Waals surface area contributed by atoms with Gasteiger partial charge in [0, 0.05) is 20.3 Å². The molecule has 33 heavy (non-hydrogen) atoms. The molecule has 0 radical (unpaired) electrons. The van der Waals surface area contributed by atoms with Crippen LogP contribution in [0.2, 0.25) is 0 Å². The Hall–Kier alpha value is -2.50. The highest BCUT2D eigenvalue weighted by molar-refractivity contribution is 5.90. The van der Waals surface area contributed by atoms with Gasteiger partial charge in [-0.1, -0.05) is 25.7 Å². The van der Waals surface area contributed by atoms with E-state index < -0.39 is 6.09 Å². The number of hydrogen-bond acceptors (Lipinski definition) is 5. The van der Waals surface area contributed by atoms with E-state index in [1.54, 1.807) is 32.4 Å². The first-order valence-electron chi connectivity index (χ1n) is 11.9. The van der Waals surface area contributed by atoms with Crippen molar-refractivity contribution in [3.8, 4) is 11.8 Å². The second kappa shape index (κ2) is 13.9. The van der Waals surface area contributed by atoms with Crippen LogP contribution in [-0.4, -0.2) is 92.8 Å². The average Bonchev–Trinajstić information content (AvgIpc) is 2.74. The number of amides is 2. The molecule has 184 valence electrons. The smallest absolute Gasteiger partial charge is 0.407 e. The summed E-state index contributed by atoms with van der Waals surface area (Å²) in [5.74, 6) is 0.0390. The molecule has 0 aliphatic heterocycles. The fraction of sp³-hybridized carbons (Fsp3) is 0.680. The summed E-state index contributed by atoms with van der Waals surface area (Å²) in [4.78, 5) is 30.5. The number of quaternary nitrogens is 2. The minimum atomic E-state index is -0.535. The van der Waals surface area contributed by atoms with E-state index in [1.807, 2.05) is 14.1 Å². The molecule has 0 saturated heterocycles. The summed E-state index contributed by atoms with van der Waals surface area (Å²) >= 11 is 0. The molecule has 0 atom stereocenters. The van der Waals surface area contributed by atoms with Crippen LogP contribution < -0.4 is 4.74 Å². The summed E-state index contributed by atoms with van der Waals surface area (Å²) in [6.45, 7) is 2.34. The average molecular weight is 462 g/mol. The first-order valence-corrected chi connectivity index (χ1v) is 11.9. The molecule has 0 aliphatic carbocycles. The predicted molar refractivity (Wildman–Crippen MR) is 130 cm³/mol. The lowest BCUT2D eigenvalue weighted by Crippen LogP contribution is -2.46. The Balaban J connectivity index is 2.34. The largest absolute Gasteiger partial charge is 0.414 e. The van der Waals surface area contributed by atoms with Crippen LogP contribution in [0.5, 0.6) is 5.75 Å². The van der Waals surface area contributed by atoms with Crippen LogP contribution in [0.25, 0.3) is 0 Å². The van der Waals surface area contributed by atoms with Gasteiger partial charge in [-0.2, -0.15) is 5.26 Å². The van der Waals surface area contributed by atoms with Crippen LogP contribution in [0.4, 0.5) is 4.79 Å². The maximum atomic E-state index is 13.1. The van der Waals surface area contributed by atoms with Crippen LogP contribution in [0.15, 0.2) is 18.3 Å². The Labute approximate surface area is 199 Å². The monoisotopic (exact) mass is 461 g/mol. The number of nitrogens with zero attached hydrogens (tertiary/aromatic N) is 5. The molecule has 8 nitrogen and oxygen atoms in total. The van der Waals surface area contributed by atoms with E-state index in [0.717, 1.165) is 23.9 Å². The third-order valence-corrected chi connectivity index (χ3v) is 5.81. The number of carbonyl (C=O) groups is 2. The molecule has 0 fully saturated rings. The van der Waals surface area contributed by atoms with Crippen LogP contribution >= 0.6 is 0 Å². The van der Waals surface area contributed by atoms with E-state index in [0.29, 0.717) is 13.1 Å². The molecule has 0 spiro atoms. The zero-order valence-corrected chi connectivity index (χ0v) is 21.5. The van der Waals surface area contributed by atoms with Crippen molar-refractivity contribution in [3.63, 3.8) is 0 Å². The summed E-state index contributed by atoms with van der Waals surface area (Å²) in [6.07, 6.45) is 10.3. The first kappa shape index (κ1) is 28.5. The Morgan fingerprint density at radius 3 is 2.06 bits per heavy atom. The van der Waals surface area contributed by atoms with Crippen molar-refractivity contribution < 1.29 is 23.3 Å². The number of nitriles is 1. The molecule has 1 heterocycles. The molecule has 0 aromatic carbocycles. The molecule has 2 amide bonds. The van der Waals surface area contributed by atoms with Gasteiger partial charge in [0.1, 0.15) is 6.07 Å². The predicted octanol–water partition coefficient (Wildman–Crippen LogP) is 4.08. The normalized spacial score (nSPS) is 11.7. The summed E-state index contributed by atoms with van der Waals surface area (Å²) in [7, 11) is 11.2. The Morgan fingerprint density at radius 2 is 1.52 bits per heavy atom. The molecule has 8 heteroatoms. The van der Waals surface area contributed by atoms with Crippen LogP contribution in [0, 0.1) is 11.3 Å². The minimum Gasteiger partial charge on any atom is -0.407 e. The molecule has 0 aliphatic rings. The van der Waals surface area contributed by atoms with Crippen molar-refractivity contribution in [1.82, 2.24) is 9.88 Å². The molecule has 1 rings (SSSR count). The lowest BCUT2D eigenvalue weighted by molar-refractivity contribution is -0.883.